The van der Waals surface area contributed by atoms with Gasteiger partial charge in [0, 0.05) is 23.9 Å². The van der Waals surface area contributed by atoms with Crippen LogP contribution in [0.5, 0.6) is 5.75 Å². The Labute approximate surface area is 141 Å². The van der Waals surface area contributed by atoms with Crippen molar-refractivity contribution in [3.8, 4) is 5.75 Å². The van der Waals surface area contributed by atoms with Gasteiger partial charge in [0.15, 0.2) is 0 Å². The predicted octanol–water partition coefficient (Wildman–Crippen LogP) is 4.15. The van der Waals surface area contributed by atoms with E-state index in [4.69, 9.17) is 11.6 Å². The lowest BCUT2D eigenvalue weighted by atomic mass is 10.2. The molecule has 8 heteroatoms. The van der Waals surface area contributed by atoms with Crippen molar-refractivity contribution in [3.05, 3.63) is 53.1 Å². The summed E-state index contributed by atoms with van der Waals surface area (Å²) in [5, 5.41) is 5.10. The summed E-state index contributed by atoms with van der Waals surface area (Å²) in [5.74, 6) is -0.882. The maximum Gasteiger partial charge on any atom is 0.387 e. The minimum Gasteiger partial charge on any atom is -0.433 e. The first kappa shape index (κ1) is 17.7. The lowest BCUT2D eigenvalue weighted by Crippen LogP contribution is -2.13. The molecule has 0 saturated heterocycles. The van der Waals surface area contributed by atoms with Crippen molar-refractivity contribution in [2.75, 3.05) is 10.6 Å². The van der Waals surface area contributed by atoms with Gasteiger partial charge in [0.1, 0.15) is 5.75 Å². The Balaban J connectivity index is 2.12. The number of hydrogen-bond donors (Lipinski definition) is 2. The largest absolute Gasteiger partial charge is 0.433 e. The van der Waals surface area contributed by atoms with E-state index in [2.05, 4.69) is 15.4 Å². The monoisotopic (exact) mass is 354 g/mol. The van der Waals surface area contributed by atoms with Crippen LogP contribution < -0.4 is 15.4 Å². The Hall–Kier alpha value is -2.67. The fraction of sp³-hybridized carbons (Fsp3) is 0.125. The highest BCUT2D eigenvalue weighted by Gasteiger charge is 2.11. The lowest BCUT2D eigenvalue weighted by Gasteiger charge is -2.10. The zero-order chi connectivity index (χ0) is 17.7. The van der Waals surface area contributed by atoms with Gasteiger partial charge >= 0.3 is 6.61 Å². The normalized spacial score (nSPS) is 10.4. The van der Waals surface area contributed by atoms with E-state index >= 15 is 0 Å². The summed E-state index contributed by atoms with van der Waals surface area (Å²) < 4.78 is 28.6. The first-order valence-electron chi connectivity index (χ1n) is 6.78. The second kappa shape index (κ2) is 7.74. The molecule has 5 nitrogen and oxygen atoms in total. The SMILES string of the molecule is CC(=O)Nc1cccc(C(=O)Nc2ccc(OC(F)F)c(Cl)c2)c1. The summed E-state index contributed by atoms with van der Waals surface area (Å²) in [6.07, 6.45) is 0. The molecule has 0 bridgehead atoms. The molecule has 0 aliphatic rings. The summed E-state index contributed by atoms with van der Waals surface area (Å²) in [4.78, 5) is 23.2. The third kappa shape index (κ3) is 4.92. The van der Waals surface area contributed by atoms with E-state index in [1.54, 1.807) is 18.2 Å². The number of benzene rings is 2. The van der Waals surface area contributed by atoms with Crippen LogP contribution in [0.2, 0.25) is 5.02 Å². The van der Waals surface area contributed by atoms with Crippen LogP contribution in [0, 0.1) is 0 Å². The van der Waals surface area contributed by atoms with Crippen LogP contribution in [0.3, 0.4) is 0 Å². The molecule has 2 rings (SSSR count). The van der Waals surface area contributed by atoms with E-state index < -0.39 is 12.5 Å². The summed E-state index contributed by atoms with van der Waals surface area (Å²) >= 11 is 5.83. The van der Waals surface area contributed by atoms with Gasteiger partial charge in [0.05, 0.1) is 5.02 Å². The molecule has 2 N–H and O–H groups in total. The molecule has 24 heavy (non-hydrogen) atoms. The molecule has 0 radical (unpaired) electrons. The molecule has 0 heterocycles. The Kier molecular flexibility index (Phi) is 5.70. The van der Waals surface area contributed by atoms with Crippen LogP contribution in [-0.2, 0) is 4.79 Å². The van der Waals surface area contributed by atoms with Gasteiger partial charge < -0.3 is 15.4 Å². The van der Waals surface area contributed by atoms with E-state index in [1.165, 1.54) is 31.2 Å². The fourth-order valence-electron chi connectivity index (χ4n) is 1.91. The number of carbonyl (C=O) groups excluding carboxylic acids is 2. The molecule has 126 valence electrons. The van der Waals surface area contributed by atoms with Crippen molar-refractivity contribution in [1.82, 2.24) is 0 Å². The summed E-state index contributed by atoms with van der Waals surface area (Å²) in [6.45, 7) is -1.63. The fourth-order valence-corrected chi connectivity index (χ4v) is 2.14. The first-order valence-corrected chi connectivity index (χ1v) is 7.16. The zero-order valence-corrected chi connectivity index (χ0v) is 13.2. The molecule has 2 aromatic rings. The maximum absolute atomic E-state index is 12.2. The zero-order valence-electron chi connectivity index (χ0n) is 12.5. The van der Waals surface area contributed by atoms with Gasteiger partial charge in [-0.3, -0.25) is 9.59 Å². The van der Waals surface area contributed by atoms with Crippen LogP contribution in [-0.4, -0.2) is 18.4 Å². The summed E-state index contributed by atoms with van der Waals surface area (Å²) in [7, 11) is 0. The molecular weight excluding hydrogens is 342 g/mol. The second-order valence-corrected chi connectivity index (χ2v) is 5.15. The number of halogens is 3. The van der Waals surface area contributed by atoms with Crippen molar-refractivity contribution < 1.29 is 23.1 Å². The Bertz CT molecular complexity index is 769. The van der Waals surface area contributed by atoms with Gasteiger partial charge in [-0.25, -0.2) is 0 Å². The number of hydrogen-bond acceptors (Lipinski definition) is 3. The number of alkyl halides is 2. The van der Waals surface area contributed by atoms with Crippen LogP contribution in [0.1, 0.15) is 17.3 Å². The highest BCUT2D eigenvalue weighted by Crippen LogP contribution is 2.29. The van der Waals surface area contributed by atoms with E-state index in [-0.39, 0.29) is 16.7 Å². The van der Waals surface area contributed by atoms with Crippen molar-refractivity contribution >= 4 is 34.8 Å². The first-order chi connectivity index (χ1) is 11.3. The van der Waals surface area contributed by atoms with Gasteiger partial charge in [-0.15, -0.1) is 0 Å². The molecule has 0 saturated carbocycles. The molecule has 0 unspecified atom stereocenters. The minimum atomic E-state index is -2.99. The lowest BCUT2D eigenvalue weighted by molar-refractivity contribution is -0.114. The molecule has 0 fully saturated rings. The number of carbonyl (C=O) groups is 2. The van der Waals surface area contributed by atoms with Crippen LogP contribution >= 0.6 is 11.6 Å². The molecule has 2 amide bonds. The minimum absolute atomic E-state index is 0.0555. The Morgan fingerprint density at radius 1 is 1.08 bits per heavy atom. The Morgan fingerprint density at radius 3 is 2.42 bits per heavy atom. The average Bonchev–Trinajstić information content (AvgIpc) is 2.49. The smallest absolute Gasteiger partial charge is 0.387 e. The third-order valence-corrected chi connectivity index (χ3v) is 3.15. The van der Waals surface area contributed by atoms with Gasteiger partial charge in [0.25, 0.3) is 5.91 Å². The maximum atomic E-state index is 12.2. The summed E-state index contributed by atoms with van der Waals surface area (Å²) in [5.41, 5.74) is 1.11. The van der Waals surface area contributed by atoms with Gasteiger partial charge in [-0.05, 0) is 36.4 Å². The van der Waals surface area contributed by atoms with E-state index in [0.29, 0.717) is 16.9 Å². The molecular formula is C16H13ClF2N2O3. The number of amides is 2. The number of anilines is 2. The Morgan fingerprint density at radius 2 is 1.79 bits per heavy atom. The molecule has 0 spiro atoms. The van der Waals surface area contributed by atoms with Gasteiger partial charge in [0.2, 0.25) is 5.91 Å². The van der Waals surface area contributed by atoms with Crippen LogP contribution in [0.25, 0.3) is 0 Å². The number of ether oxygens (including phenoxy) is 1. The molecule has 0 aliphatic heterocycles. The van der Waals surface area contributed by atoms with E-state index in [1.807, 2.05) is 0 Å². The third-order valence-electron chi connectivity index (χ3n) is 2.85. The second-order valence-electron chi connectivity index (χ2n) is 4.74. The molecule has 0 aliphatic carbocycles. The van der Waals surface area contributed by atoms with E-state index in [9.17, 15) is 18.4 Å². The molecule has 2 aromatic carbocycles. The topological polar surface area (TPSA) is 67.4 Å². The molecule has 0 aromatic heterocycles. The molecule has 0 atom stereocenters. The van der Waals surface area contributed by atoms with Crippen LogP contribution in [0.4, 0.5) is 20.2 Å². The quantitative estimate of drug-likeness (QED) is 0.847. The highest BCUT2D eigenvalue weighted by molar-refractivity contribution is 6.32. The van der Waals surface area contributed by atoms with Crippen LogP contribution in [0.15, 0.2) is 42.5 Å². The predicted molar refractivity (Wildman–Crippen MR) is 86.8 cm³/mol. The highest BCUT2D eigenvalue weighted by atomic mass is 35.5. The van der Waals surface area contributed by atoms with Crippen molar-refractivity contribution in [2.45, 2.75) is 13.5 Å². The van der Waals surface area contributed by atoms with Crippen molar-refractivity contribution in [1.29, 1.82) is 0 Å². The van der Waals surface area contributed by atoms with Crippen molar-refractivity contribution in [3.63, 3.8) is 0 Å². The van der Waals surface area contributed by atoms with Crippen molar-refractivity contribution in [2.24, 2.45) is 0 Å². The average molecular weight is 355 g/mol. The standard InChI is InChI=1S/C16H13ClF2N2O3/c1-9(22)20-11-4-2-3-10(7-11)15(23)21-12-5-6-14(13(17)8-12)24-16(18)19/h2-8,16H,1H3,(H,20,22)(H,21,23). The summed E-state index contributed by atoms with van der Waals surface area (Å²) in [6, 6.07) is 10.3. The van der Waals surface area contributed by atoms with Gasteiger partial charge in [-0.1, -0.05) is 17.7 Å². The van der Waals surface area contributed by atoms with Gasteiger partial charge in [-0.2, -0.15) is 8.78 Å². The van der Waals surface area contributed by atoms with E-state index in [0.717, 1.165) is 0 Å². The number of rotatable bonds is 5. The number of nitrogens with one attached hydrogen (secondary N) is 2.